The van der Waals surface area contributed by atoms with E-state index in [-0.39, 0.29) is 18.1 Å². The van der Waals surface area contributed by atoms with Gasteiger partial charge in [0.1, 0.15) is 6.61 Å². The lowest BCUT2D eigenvalue weighted by molar-refractivity contribution is 0.0918. The minimum atomic E-state index is -0.374. The largest absolute Gasteiger partial charge is 0.449 e. The lowest BCUT2D eigenvalue weighted by atomic mass is 9.98. The molecule has 2 aromatic carbocycles. The van der Waals surface area contributed by atoms with Gasteiger partial charge in [-0.3, -0.25) is 0 Å². The Morgan fingerprint density at radius 2 is 1.64 bits per heavy atom. The fourth-order valence-corrected chi connectivity index (χ4v) is 3.61. The van der Waals surface area contributed by atoms with Gasteiger partial charge in [0.05, 0.1) is 12.6 Å². The lowest BCUT2D eigenvalue weighted by Crippen LogP contribution is -2.38. The second-order valence-corrected chi connectivity index (χ2v) is 7.83. The molecule has 1 amide bonds. The second-order valence-electron chi connectivity index (χ2n) is 7.83. The van der Waals surface area contributed by atoms with Gasteiger partial charge in [-0.25, -0.2) is 4.79 Å². The van der Waals surface area contributed by atoms with Crippen molar-refractivity contribution in [3.63, 3.8) is 0 Å². The number of ether oxygens (including phenoxy) is 2. The Morgan fingerprint density at radius 3 is 2.21 bits per heavy atom. The Labute approximate surface area is 168 Å². The molecule has 4 nitrogen and oxygen atoms in total. The summed E-state index contributed by atoms with van der Waals surface area (Å²) < 4.78 is 11.3. The summed E-state index contributed by atoms with van der Waals surface area (Å²) in [5, 5.41) is 2.94. The number of fused-ring (bicyclic) bond motifs is 3. The van der Waals surface area contributed by atoms with E-state index in [2.05, 4.69) is 55.6 Å². The maximum atomic E-state index is 12.3. The van der Waals surface area contributed by atoms with Gasteiger partial charge in [0.25, 0.3) is 0 Å². The molecule has 0 saturated carbocycles. The monoisotopic (exact) mass is 381 g/mol. The zero-order chi connectivity index (χ0) is 19.9. The molecule has 0 heterocycles. The lowest BCUT2D eigenvalue weighted by Gasteiger charge is -2.19. The standard InChI is InChI=1S/C24H31NO3/c1-4-18(15-27-14-13-17(2)3)25-24(26)28-16-23-21-11-7-5-9-19(21)20-10-6-8-12-22(20)23/h5-12,17-18,23H,4,13-16H2,1-3H3,(H,25,26). The van der Waals surface area contributed by atoms with E-state index in [0.29, 0.717) is 19.1 Å². The SMILES string of the molecule is CCC(COCCC(C)C)NC(=O)OCC1c2ccccc2-c2ccccc21. The van der Waals surface area contributed by atoms with Crippen molar-refractivity contribution in [3.8, 4) is 11.1 Å². The molecule has 0 fully saturated rings. The Bertz CT molecular complexity index is 741. The van der Waals surface area contributed by atoms with Gasteiger partial charge in [-0.05, 0) is 41.0 Å². The van der Waals surface area contributed by atoms with Gasteiger partial charge >= 0.3 is 6.09 Å². The van der Waals surface area contributed by atoms with E-state index in [9.17, 15) is 4.79 Å². The normalized spacial score (nSPS) is 13.9. The minimum absolute atomic E-state index is 0.0252. The van der Waals surface area contributed by atoms with Crippen molar-refractivity contribution in [3.05, 3.63) is 59.7 Å². The van der Waals surface area contributed by atoms with Gasteiger partial charge < -0.3 is 14.8 Å². The first-order chi connectivity index (χ1) is 13.6. The van der Waals surface area contributed by atoms with Crippen molar-refractivity contribution >= 4 is 6.09 Å². The number of carbonyl (C=O) groups excluding carboxylic acids is 1. The van der Waals surface area contributed by atoms with Crippen molar-refractivity contribution in [2.24, 2.45) is 5.92 Å². The molecule has 0 saturated heterocycles. The maximum Gasteiger partial charge on any atom is 0.407 e. The summed E-state index contributed by atoms with van der Waals surface area (Å²) in [4.78, 5) is 12.3. The minimum Gasteiger partial charge on any atom is -0.449 e. The number of benzene rings is 2. The van der Waals surface area contributed by atoms with E-state index >= 15 is 0 Å². The summed E-state index contributed by atoms with van der Waals surface area (Å²) in [5.41, 5.74) is 4.91. The van der Waals surface area contributed by atoms with Crippen LogP contribution < -0.4 is 5.32 Å². The number of amides is 1. The molecule has 28 heavy (non-hydrogen) atoms. The van der Waals surface area contributed by atoms with Crippen molar-refractivity contribution < 1.29 is 14.3 Å². The van der Waals surface area contributed by atoms with E-state index in [1.165, 1.54) is 22.3 Å². The van der Waals surface area contributed by atoms with Crippen molar-refractivity contribution in [1.82, 2.24) is 5.32 Å². The van der Waals surface area contributed by atoms with Gasteiger partial charge in [-0.2, -0.15) is 0 Å². The third-order valence-corrected chi connectivity index (χ3v) is 5.32. The molecule has 1 aliphatic carbocycles. The Morgan fingerprint density at radius 1 is 1.04 bits per heavy atom. The summed E-state index contributed by atoms with van der Waals surface area (Å²) in [7, 11) is 0. The summed E-state index contributed by atoms with van der Waals surface area (Å²) in [5.74, 6) is 0.704. The van der Waals surface area contributed by atoms with Gasteiger partial charge in [-0.15, -0.1) is 0 Å². The maximum absolute atomic E-state index is 12.3. The van der Waals surface area contributed by atoms with Crippen molar-refractivity contribution in [2.45, 2.75) is 45.6 Å². The van der Waals surface area contributed by atoms with E-state index in [4.69, 9.17) is 9.47 Å². The van der Waals surface area contributed by atoms with Gasteiger partial charge in [0, 0.05) is 12.5 Å². The predicted molar refractivity (Wildman–Crippen MR) is 113 cm³/mol. The molecule has 2 aromatic rings. The average Bonchev–Trinajstić information content (AvgIpc) is 3.02. The highest BCUT2D eigenvalue weighted by Gasteiger charge is 2.29. The number of hydrogen-bond acceptors (Lipinski definition) is 3. The molecule has 1 aliphatic rings. The highest BCUT2D eigenvalue weighted by molar-refractivity contribution is 5.79. The highest BCUT2D eigenvalue weighted by Crippen LogP contribution is 2.44. The quantitative estimate of drug-likeness (QED) is 0.594. The molecule has 1 N–H and O–H groups in total. The Hall–Kier alpha value is -2.33. The average molecular weight is 382 g/mol. The fraction of sp³-hybridized carbons (Fsp3) is 0.458. The van der Waals surface area contributed by atoms with Crippen molar-refractivity contribution in [1.29, 1.82) is 0 Å². The Kier molecular flexibility index (Phi) is 7.10. The zero-order valence-electron chi connectivity index (χ0n) is 17.1. The van der Waals surface area contributed by atoms with Crippen LogP contribution in [0.4, 0.5) is 4.79 Å². The molecule has 3 rings (SSSR count). The third-order valence-electron chi connectivity index (χ3n) is 5.32. The molecule has 0 spiro atoms. The van der Waals surface area contributed by atoms with Crippen LogP contribution in [0.5, 0.6) is 0 Å². The number of nitrogens with one attached hydrogen (secondary N) is 1. The van der Waals surface area contributed by atoms with Crippen LogP contribution in [-0.2, 0) is 9.47 Å². The first-order valence-electron chi connectivity index (χ1n) is 10.3. The molecule has 0 aliphatic heterocycles. The summed E-state index contributed by atoms with van der Waals surface area (Å²) in [6, 6.07) is 16.7. The number of alkyl carbamates (subject to hydrolysis) is 1. The van der Waals surface area contributed by atoms with Crippen LogP contribution in [0.25, 0.3) is 11.1 Å². The molecule has 1 unspecified atom stereocenters. The first-order valence-corrected chi connectivity index (χ1v) is 10.3. The van der Waals surface area contributed by atoms with E-state index in [1.807, 2.05) is 19.1 Å². The molecule has 0 radical (unpaired) electrons. The third kappa shape index (κ3) is 4.93. The molecular formula is C24H31NO3. The molecular weight excluding hydrogens is 350 g/mol. The van der Waals surface area contributed by atoms with Crippen LogP contribution in [0.1, 0.15) is 50.7 Å². The van der Waals surface area contributed by atoms with Crippen molar-refractivity contribution in [2.75, 3.05) is 19.8 Å². The topological polar surface area (TPSA) is 47.6 Å². The predicted octanol–water partition coefficient (Wildman–Crippen LogP) is 5.37. The number of carbonyl (C=O) groups is 1. The smallest absolute Gasteiger partial charge is 0.407 e. The molecule has 150 valence electrons. The zero-order valence-corrected chi connectivity index (χ0v) is 17.1. The molecule has 1 atom stereocenters. The Balaban J connectivity index is 1.54. The van der Waals surface area contributed by atoms with Crippen LogP contribution in [0.2, 0.25) is 0 Å². The van der Waals surface area contributed by atoms with E-state index < -0.39 is 0 Å². The highest BCUT2D eigenvalue weighted by atomic mass is 16.5. The second kappa shape index (κ2) is 9.74. The van der Waals surface area contributed by atoms with E-state index in [0.717, 1.165) is 19.4 Å². The summed E-state index contributed by atoms with van der Waals surface area (Å²) >= 11 is 0. The van der Waals surface area contributed by atoms with Crippen LogP contribution >= 0.6 is 0 Å². The van der Waals surface area contributed by atoms with Crippen LogP contribution in [0.3, 0.4) is 0 Å². The summed E-state index contributed by atoms with van der Waals surface area (Å²) in [6.45, 7) is 7.98. The molecule has 4 heteroatoms. The first kappa shape index (κ1) is 20.4. The van der Waals surface area contributed by atoms with Crippen LogP contribution in [-0.4, -0.2) is 32.0 Å². The molecule has 0 bridgehead atoms. The van der Waals surface area contributed by atoms with Crippen LogP contribution in [0, 0.1) is 5.92 Å². The summed E-state index contributed by atoms with van der Waals surface area (Å²) in [6.07, 6.45) is 1.47. The van der Waals surface area contributed by atoms with Gasteiger partial charge in [0.2, 0.25) is 0 Å². The molecule has 0 aromatic heterocycles. The van der Waals surface area contributed by atoms with E-state index in [1.54, 1.807) is 0 Å². The van der Waals surface area contributed by atoms with Gasteiger partial charge in [0.15, 0.2) is 0 Å². The fourth-order valence-electron chi connectivity index (χ4n) is 3.61. The number of rotatable bonds is 9. The van der Waals surface area contributed by atoms with Gasteiger partial charge in [-0.1, -0.05) is 69.3 Å². The van der Waals surface area contributed by atoms with Crippen LogP contribution in [0.15, 0.2) is 48.5 Å². The number of hydrogen-bond donors (Lipinski definition) is 1.